The number of morpholine rings is 1. The molecule has 2 aliphatic heterocycles. The Bertz CT molecular complexity index is 1450. The summed E-state index contributed by atoms with van der Waals surface area (Å²) in [5.41, 5.74) is 3.64. The third-order valence-corrected chi connectivity index (χ3v) is 6.99. The van der Waals surface area contributed by atoms with Gasteiger partial charge in [0.15, 0.2) is 0 Å². The van der Waals surface area contributed by atoms with Crippen LogP contribution in [0.1, 0.15) is 34.5 Å². The molecule has 0 radical (unpaired) electrons. The predicted molar refractivity (Wildman–Crippen MR) is 133 cm³/mol. The molecular formula is C25H23ClF3N7O. The smallest absolute Gasteiger partial charge is 0.378 e. The van der Waals surface area contributed by atoms with Gasteiger partial charge >= 0.3 is 6.18 Å². The molecule has 0 aliphatic carbocycles. The molecule has 12 heteroatoms. The van der Waals surface area contributed by atoms with E-state index in [1.54, 1.807) is 11.1 Å². The number of nitrogens with zero attached hydrogens (tertiary/aromatic N) is 6. The molecule has 1 N–H and O–H groups in total. The highest BCUT2D eigenvalue weighted by molar-refractivity contribution is 6.31. The molecule has 37 heavy (non-hydrogen) atoms. The van der Waals surface area contributed by atoms with E-state index in [0.717, 1.165) is 46.6 Å². The second-order valence-corrected chi connectivity index (χ2v) is 9.54. The molecule has 0 spiro atoms. The zero-order valence-corrected chi connectivity index (χ0v) is 20.6. The summed E-state index contributed by atoms with van der Waals surface area (Å²) in [6.07, 6.45) is -2.33. The Hall–Kier alpha value is -3.44. The first-order chi connectivity index (χ1) is 17.8. The van der Waals surface area contributed by atoms with E-state index in [1.807, 2.05) is 30.3 Å². The number of pyridine rings is 1. The van der Waals surface area contributed by atoms with Gasteiger partial charge in [0.05, 0.1) is 19.3 Å². The van der Waals surface area contributed by atoms with Crippen molar-refractivity contribution < 1.29 is 17.9 Å². The van der Waals surface area contributed by atoms with Crippen molar-refractivity contribution in [1.82, 2.24) is 24.9 Å². The fourth-order valence-electron chi connectivity index (χ4n) is 5.08. The number of hydrogen-bond donors (Lipinski definition) is 1. The van der Waals surface area contributed by atoms with E-state index >= 15 is 0 Å². The number of aromatic amines is 1. The maximum absolute atomic E-state index is 13.6. The lowest BCUT2D eigenvalue weighted by Crippen LogP contribution is -2.38. The summed E-state index contributed by atoms with van der Waals surface area (Å²) in [7, 11) is 0. The van der Waals surface area contributed by atoms with Crippen LogP contribution >= 0.6 is 11.6 Å². The summed E-state index contributed by atoms with van der Waals surface area (Å²) in [4.78, 5) is 23.8. The number of aromatic nitrogens is 5. The maximum atomic E-state index is 13.6. The summed E-state index contributed by atoms with van der Waals surface area (Å²) >= 11 is 6.28. The first-order valence-electron chi connectivity index (χ1n) is 11.9. The molecule has 0 amide bonds. The normalized spacial score (nSPS) is 18.4. The van der Waals surface area contributed by atoms with E-state index in [2.05, 4.69) is 24.8 Å². The van der Waals surface area contributed by atoms with E-state index < -0.39 is 18.0 Å². The Balaban J connectivity index is 1.47. The van der Waals surface area contributed by atoms with E-state index in [1.165, 1.54) is 6.92 Å². The van der Waals surface area contributed by atoms with E-state index in [0.29, 0.717) is 31.2 Å². The molecule has 192 valence electrons. The van der Waals surface area contributed by atoms with Crippen LogP contribution in [0, 0.1) is 6.92 Å². The Morgan fingerprint density at radius 2 is 1.86 bits per heavy atom. The van der Waals surface area contributed by atoms with Gasteiger partial charge < -0.3 is 19.5 Å². The number of nitrogens with one attached hydrogen (secondary N) is 1. The van der Waals surface area contributed by atoms with Crippen LogP contribution in [0.2, 0.25) is 5.02 Å². The Kier molecular flexibility index (Phi) is 5.91. The molecule has 1 unspecified atom stereocenters. The minimum absolute atomic E-state index is 0.00564. The minimum Gasteiger partial charge on any atom is -0.378 e. The topological polar surface area (TPSA) is 83.1 Å². The van der Waals surface area contributed by atoms with Crippen molar-refractivity contribution in [2.45, 2.75) is 25.6 Å². The third kappa shape index (κ3) is 4.46. The summed E-state index contributed by atoms with van der Waals surface area (Å²) < 4.78 is 46.1. The van der Waals surface area contributed by atoms with Gasteiger partial charge in [-0.2, -0.15) is 23.1 Å². The number of fused-ring (bicyclic) bond motifs is 3. The summed E-state index contributed by atoms with van der Waals surface area (Å²) in [6.45, 7) is 4.62. The van der Waals surface area contributed by atoms with Gasteiger partial charge in [0, 0.05) is 47.5 Å². The highest BCUT2D eigenvalue weighted by Gasteiger charge is 2.38. The van der Waals surface area contributed by atoms with Crippen LogP contribution < -0.4 is 9.80 Å². The maximum Gasteiger partial charge on any atom is 0.451 e. The molecule has 8 nitrogen and oxygen atoms in total. The van der Waals surface area contributed by atoms with Gasteiger partial charge in [0.1, 0.15) is 11.6 Å². The number of aryl methyl sites for hydroxylation is 1. The van der Waals surface area contributed by atoms with Crippen molar-refractivity contribution in [2.24, 2.45) is 0 Å². The van der Waals surface area contributed by atoms with Crippen molar-refractivity contribution in [3.63, 3.8) is 0 Å². The predicted octanol–water partition coefficient (Wildman–Crippen LogP) is 4.72. The van der Waals surface area contributed by atoms with Gasteiger partial charge in [0.25, 0.3) is 0 Å². The van der Waals surface area contributed by atoms with Gasteiger partial charge in [-0.1, -0.05) is 17.7 Å². The molecule has 4 aromatic rings. The van der Waals surface area contributed by atoms with E-state index in [4.69, 9.17) is 21.3 Å². The van der Waals surface area contributed by atoms with Crippen molar-refractivity contribution in [2.75, 3.05) is 42.6 Å². The number of hydrogen-bond acceptors (Lipinski definition) is 7. The number of anilines is 2. The molecule has 0 bridgehead atoms. The molecular weight excluding hydrogens is 507 g/mol. The largest absolute Gasteiger partial charge is 0.451 e. The Morgan fingerprint density at radius 3 is 2.59 bits per heavy atom. The van der Waals surface area contributed by atoms with E-state index in [-0.39, 0.29) is 11.8 Å². The second kappa shape index (κ2) is 9.14. The molecule has 1 atom stereocenters. The standard InChI is InChI=1S/C25H23ClF3N7O/c1-14-31-23(25(27,28)29)34-24(32-14)36-7-6-17-18-12-16(26)3-4-19(18)33-21(17)22(36)15-2-5-20(30-13-15)35-8-10-37-11-9-35/h2-5,12-13,22,33H,6-11H2,1H3. The average molecular weight is 530 g/mol. The molecule has 1 fully saturated rings. The van der Waals surface area contributed by atoms with Crippen LogP contribution in [0.25, 0.3) is 10.9 Å². The minimum atomic E-state index is -4.68. The van der Waals surface area contributed by atoms with Gasteiger partial charge in [-0.15, -0.1) is 0 Å². The van der Waals surface area contributed by atoms with Crippen molar-refractivity contribution in [3.8, 4) is 0 Å². The SMILES string of the molecule is Cc1nc(N2CCc3c([nH]c4ccc(Cl)cc34)C2c2ccc(N3CCOCC3)nc2)nc(C(F)(F)F)n1. The van der Waals surface area contributed by atoms with Crippen molar-refractivity contribution in [3.05, 3.63) is 70.0 Å². The van der Waals surface area contributed by atoms with Crippen LogP contribution in [0.15, 0.2) is 36.5 Å². The number of H-pyrrole nitrogens is 1. The van der Waals surface area contributed by atoms with Gasteiger partial charge in [0.2, 0.25) is 11.8 Å². The van der Waals surface area contributed by atoms with Crippen LogP contribution in [-0.4, -0.2) is 57.8 Å². The number of benzene rings is 1. The zero-order chi connectivity index (χ0) is 25.7. The number of halogens is 4. The monoisotopic (exact) mass is 529 g/mol. The average Bonchev–Trinajstić information content (AvgIpc) is 3.26. The lowest BCUT2D eigenvalue weighted by atomic mass is 9.93. The number of ether oxygens (including phenoxy) is 1. The molecule has 1 saturated heterocycles. The van der Waals surface area contributed by atoms with Crippen LogP contribution in [-0.2, 0) is 17.3 Å². The second-order valence-electron chi connectivity index (χ2n) is 9.11. The molecule has 1 aromatic carbocycles. The van der Waals surface area contributed by atoms with Crippen LogP contribution in [0.3, 0.4) is 0 Å². The molecule has 3 aromatic heterocycles. The highest BCUT2D eigenvalue weighted by atomic mass is 35.5. The Morgan fingerprint density at radius 1 is 1.05 bits per heavy atom. The molecule has 2 aliphatic rings. The number of rotatable bonds is 3. The third-order valence-electron chi connectivity index (χ3n) is 6.76. The number of alkyl halides is 3. The fourth-order valence-corrected chi connectivity index (χ4v) is 5.26. The van der Waals surface area contributed by atoms with E-state index in [9.17, 15) is 13.2 Å². The van der Waals surface area contributed by atoms with Crippen molar-refractivity contribution >= 4 is 34.3 Å². The molecule has 5 heterocycles. The lowest BCUT2D eigenvalue weighted by Gasteiger charge is -2.36. The lowest BCUT2D eigenvalue weighted by molar-refractivity contribution is -0.145. The summed E-state index contributed by atoms with van der Waals surface area (Å²) in [5, 5.41) is 1.61. The van der Waals surface area contributed by atoms with Crippen LogP contribution in [0.4, 0.5) is 24.9 Å². The quantitative estimate of drug-likeness (QED) is 0.411. The highest BCUT2D eigenvalue weighted by Crippen LogP contribution is 2.41. The fraction of sp³-hybridized carbons (Fsp3) is 0.360. The molecule has 0 saturated carbocycles. The first-order valence-corrected chi connectivity index (χ1v) is 12.3. The summed E-state index contributed by atoms with van der Waals surface area (Å²) in [6, 6.07) is 9.04. The first kappa shape index (κ1) is 23.9. The van der Waals surface area contributed by atoms with Gasteiger partial charge in [-0.05, 0) is 48.7 Å². The summed E-state index contributed by atoms with van der Waals surface area (Å²) in [5.74, 6) is -0.396. The van der Waals surface area contributed by atoms with Crippen LogP contribution in [0.5, 0.6) is 0 Å². The molecule has 6 rings (SSSR count). The van der Waals surface area contributed by atoms with Gasteiger partial charge in [-0.3, -0.25) is 0 Å². The van der Waals surface area contributed by atoms with Gasteiger partial charge in [-0.25, -0.2) is 9.97 Å². The zero-order valence-electron chi connectivity index (χ0n) is 19.9. The van der Waals surface area contributed by atoms with Crippen molar-refractivity contribution in [1.29, 1.82) is 0 Å². The Labute approximate surface area is 215 Å².